The molecule has 0 aromatic carbocycles. The van der Waals surface area contributed by atoms with Gasteiger partial charge in [0.25, 0.3) is 0 Å². The summed E-state index contributed by atoms with van der Waals surface area (Å²) in [6, 6.07) is 2.26. The fourth-order valence-electron chi connectivity index (χ4n) is 1.83. The van der Waals surface area contributed by atoms with Gasteiger partial charge in [-0.1, -0.05) is 6.92 Å². The van der Waals surface area contributed by atoms with Crippen molar-refractivity contribution < 1.29 is 4.79 Å². The zero-order valence-electron chi connectivity index (χ0n) is 11.1. The van der Waals surface area contributed by atoms with Crippen LogP contribution in [-0.2, 0) is 17.9 Å². The van der Waals surface area contributed by atoms with Crippen LogP contribution in [0, 0.1) is 0 Å². The number of nitrogens with one attached hydrogen (secondary N) is 2. The van der Waals surface area contributed by atoms with Crippen molar-refractivity contribution in [3.8, 4) is 0 Å². The molecular formula is C13H22N4O. The number of aromatic nitrogens is 2. The van der Waals surface area contributed by atoms with Gasteiger partial charge >= 0.3 is 0 Å². The number of carbonyl (C=O) groups excluding carboxylic acids is 1. The third-order valence-corrected chi connectivity index (χ3v) is 3.15. The minimum Gasteiger partial charge on any atom is -0.352 e. The highest BCUT2D eigenvalue weighted by Gasteiger charge is 2.25. The SMILES string of the molecule is CCCn1nccc1CNC(C)C(=O)NC1CC1. The van der Waals surface area contributed by atoms with E-state index in [4.69, 9.17) is 0 Å². The largest absolute Gasteiger partial charge is 0.352 e. The van der Waals surface area contributed by atoms with Gasteiger partial charge in [-0.15, -0.1) is 0 Å². The predicted molar refractivity (Wildman–Crippen MR) is 70.0 cm³/mol. The summed E-state index contributed by atoms with van der Waals surface area (Å²) >= 11 is 0. The highest BCUT2D eigenvalue weighted by atomic mass is 16.2. The monoisotopic (exact) mass is 250 g/mol. The highest BCUT2D eigenvalue weighted by molar-refractivity contribution is 5.81. The fraction of sp³-hybridized carbons (Fsp3) is 0.692. The van der Waals surface area contributed by atoms with E-state index < -0.39 is 0 Å². The van der Waals surface area contributed by atoms with E-state index in [1.54, 1.807) is 0 Å². The molecule has 1 aliphatic rings. The molecule has 0 spiro atoms. The molecule has 1 fully saturated rings. The first-order chi connectivity index (χ1) is 8.70. The molecule has 18 heavy (non-hydrogen) atoms. The summed E-state index contributed by atoms with van der Waals surface area (Å²) in [5.74, 6) is 0.0963. The molecule has 1 amide bonds. The molecule has 1 saturated carbocycles. The number of hydrogen-bond acceptors (Lipinski definition) is 3. The molecule has 1 heterocycles. The molecule has 2 N–H and O–H groups in total. The Kier molecular flexibility index (Phi) is 4.36. The molecule has 0 bridgehead atoms. The smallest absolute Gasteiger partial charge is 0.237 e. The zero-order valence-corrected chi connectivity index (χ0v) is 11.1. The second-order valence-electron chi connectivity index (χ2n) is 4.93. The Bertz CT molecular complexity index is 397. The molecule has 1 aliphatic carbocycles. The van der Waals surface area contributed by atoms with Gasteiger partial charge in [0.1, 0.15) is 0 Å². The Morgan fingerprint density at radius 1 is 1.61 bits per heavy atom. The Hall–Kier alpha value is -1.36. The molecule has 5 heteroatoms. The average Bonchev–Trinajstić information content (AvgIpc) is 3.05. The van der Waals surface area contributed by atoms with E-state index >= 15 is 0 Å². The predicted octanol–water partition coefficient (Wildman–Crippen LogP) is 1.05. The molecular weight excluding hydrogens is 228 g/mol. The number of rotatable bonds is 7. The van der Waals surface area contributed by atoms with Gasteiger partial charge in [-0.05, 0) is 32.3 Å². The van der Waals surface area contributed by atoms with Crippen molar-refractivity contribution in [2.45, 2.75) is 58.3 Å². The van der Waals surface area contributed by atoms with Crippen LogP contribution in [0.15, 0.2) is 12.3 Å². The van der Waals surface area contributed by atoms with Crippen LogP contribution in [0.25, 0.3) is 0 Å². The molecule has 0 aliphatic heterocycles. The lowest BCUT2D eigenvalue weighted by Crippen LogP contribution is -2.42. The summed E-state index contributed by atoms with van der Waals surface area (Å²) in [7, 11) is 0. The second kappa shape index (κ2) is 6.00. The van der Waals surface area contributed by atoms with Crippen LogP contribution in [-0.4, -0.2) is 27.8 Å². The molecule has 2 rings (SSSR count). The topological polar surface area (TPSA) is 59.0 Å². The van der Waals surface area contributed by atoms with Crippen LogP contribution in [0.2, 0.25) is 0 Å². The molecule has 1 aromatic heterocycles. The molecule has 1 unspecified atom stereocenters. The van der Waals surface area contributed by atoms with Crippen molar-refractivity contribution in [2.75, 3.05) is 0 Å². The molecule has 1 atom stereocenters. The maximum absolute atomic E-state index is 11.8. The number of amides is 1. The lowest BCUT2D eigenvalue weighted by Gasteiger charge is -2.14. The Morgan fingerprint density at radius 2 is 2.39 bits per heavy atom. The summed E-state index contributed by atoms with van der Waals surface area (Å²) in [6.45, 7) is 5.63. The van der Waals surface area contributed by atoms with E-state index in [-0.39, 0.29) is 11.9 Å². The summed E-state index contributed by atoms with van der Waals surface area (Å²) < 4.78 is 1.98. The van der Waals surface area contributed by atoms with Crippen molar-refractivity contribution in [2.24, 2.45) is 0 Å². The van der Waals surface area contributed by atoms with Gasteiger partial charge in [-0.25, -0.2) is 0 Å². The third kappa shape index (κ3) is 3.57. The van der Waals surface area contributed by atoms with Crippen molar-refractivity contribution >= 4 is 5.91 Å². The number of carbonyl (C=O) groups is 1. The first-order valence-corrected chi connectivity index (χ1v) is 6.75. The van der Waals surface area contributed by atoms with Crippen LogP contribution in [0.3, 0.4) is 0 Å². The lowest BCUT2D eigenvalue weighted by molar-refractivity contribution is -0.122. The van der Waals surface area contributed by atoms with Gasteiger partial charge in [-0.3, -0.25) is 9.48 Å². The zero-order chi connectivity index (χ0) is 13.0. The van der Waals surface area contributed by atoms with Crippen molar-refractivity contribution in [1.82, 2.24) is 20.4 Å². The van der Waals surface area contributed by atoms with Crippen molar-refractivity contribution in [3.05, 3.63) is 18.0 Å². The van der Waals surface area contributed by atoms with E-state index in [1.807, 2.05) is 23.9 Å². The van der Waals surface area contributed by atoms with Gasteiger partial charge in [0, 0.05) is 25.3 Å². The lowest BCUT2D eigenvalue weighted by atomic mass is 10.3. The van der Waals surface area contributed by atoms with Gasteiger partial charge in [0.15, 0.2) is 0 Å². The van der Waals surface area contributed by atoms with Crippen molar-refractivity contribution in [1.29, 1.82) is 0 Å². The van der Waals surface area contributed by atoms with E-state index in [1.165, 1.54) is 0 Å². The standard InChI is InChI=1S/C13H22N4O/c1-3-8-17-12(6-7-15-17)9-14-10(2)13(18)16-11-4-5-11/h6-7,10-11,14H,3-5,8-9H2,1-2H3,(H,16,18). The van der Waals surface area contributed by atoms with Gasteiger partial charge in [-0.2, -0.15) is 5.10 Å². The first-order valence-electron chi connectivity index (χ1n) is 6.75. The van der Waals surface area contributed by atoms with Crippen LogP contribution in [0.4, 0.5) is 0 Å². The summed E-state index contributed by atoms with van der Waals surface area (Å²) in [5.41, 5.74) is 1.13. The van der Waals surface area contributed by atoms with E-state index in [9.17, 15) is 4.79 Å². The summed E-state index contributed by atoms with van der Waals surface area (Å²) in [4.78, 5) is 11.8. The Morgan fingerprint density at radius 3 is 3.06 bits per heavy atom. The van der Waals surface area contributed by atoms with Crippen LogP contribution < -0.4 is 10.6 Å². The maximum atomic E-state index is 11.8. The first kappa shape index (κ1) is 13.1. The van der Waals surface area contributed by atoms with Gasteiger partial charge < -0.3 is 10.6 Å². The minimum atomic E-state index is -0.157. The van der Waals surface area contributed by atoms with E-state index in [2.05, 4.69) is 22.7 Å². The molecule has 1 aromatic rings. The quantitative estimate of drug-likeness (QED) is 0.760. The number of aryl methyl sites for hydroxylation is 1. The molecule has 0 radical (unpaired) electrons. The average molecular weight is 250 g/mol. The van der Waals surface area contributed by atoms with Gasteiger partial charge in [0.05, 0.1) is 11.7 Å². The Balaban J connectivity index is 1.78. The third-order valence-electron chi connectivity index (χ3n) is 3.15. The Labute approximate surface area is 108 Å². The van der Waals surface area contributed by atoms with Crippen molar-refractivity contribution in [3.63, 3.8) is 0 Å². The number of nitrogens with zero attached hydrogens (tertiary/aromatic N) is 2. The number of hydrogen-bond donors (Lipinski definition) is 2. The highest BCUT2D eigenvalue weighted by Crippen LogP contribution is 2.18. The second-order valence-corrected chi connectivity index (χ2v) is 4.93. The van der Waals surface area contributed by atoms with Gasteiger partial charge in [0.2, 0.25) is 5.91 Å². The fourth-order valence-corrected chi connectivity index (χ4v) is 1.83. The van der Waals surface area contributed by atoms with Crippen LogP contribution in [0.5, 0.6) is 0 Å². The normalized spacial score (nSPS) is 16.6. The van der Waals surface area contributed by atoms with Crippen LogP contribution in [0.1, 0.15) is 38.8 Å². The molecule has 100 valence electrons. The summed E-state index contributed by atoms with van der Waals surface area (Å²) in [6.07, 6.45) is 5.12. The molecule has 0 saturated heterocycles. The summed E-state index contributed by atoms with van der Waals surface area (Å²) in [5, 5.41) is 10.5. The van der Waals surface area contributed by atoms with E-state index in [0.717, 1.165) is 31.5 Å². The van der Waals surface area contributed by atoms with Crippen LogP contribution >= 0.6 is 0 Å². The minimum absolute atomic E-state index is 0.0963. The van der Waals surface area contributed by atoms with E-state index in [0.29, 0.717) is 12.6 Å². The molecule has 5 nitrogen and oxygen atoms in total. The maximum Gasteiger partial charge on any atom is 0.237 e.